The molecule has 0 aromatic heterocycles. The van der Waals surface area contributed by atoms with Crippen LogP contribution in [-0.2, 0) is 6.54 Å². The molecule has 2 nitrogen and oxygen atoms in total. The predicted molar refractivity (Wildman–Crippen MR) is 69.9 cm³/mol. The molecular weight excluding hydrogens is 270 g/mol. The van der Waals surface area contributed by atoms with Crippen molar-refractivity contribution in [3.8, 4) is 6.07 Å². The van der Waals surface area contributed by atoms with Crippen LogP contribution < -0.4 is 5.32 Å². The van der Waals surface area contributed by atoms with Crippen LogP contribution >= 0.6 is 11.6 Å². The lowest BCUT2D eigenvalue weighted by molar-refractivity contribution is 0.613. The predicted octanol–water partition coefficient (Wildman–Crippen LogP) is 4.10. The summed E-state index contributed by atoms with van der Waals surface area (Å²) in [6, 6.07) is 10.0. The first-order valence-electron chi connectivity index (χ1n) is 5.47. The van der Waals surface area contributed by atoms with Gasteiger partial charge >= 0.3 is 0 Å². The highest BCUT2D eigenvalue weighted by Gasteiger charge is 2.06. The molecule has 0 amide bonds. The minimum absolute atomic E-state index is 0.175. The van der Waals surface area contributed by atoms with Gasteiger partial charge in [-0.1, -0.05) is 17.7 Å². The summed E-state index contributed by atoms with van der Waals surface area (Å²) in [5.74, 6) is -0.916. The summed E-state index contributed by atoms with van der Waals surface area (Å²) in [5.41, 5.74) is 1.05. The molecule has 0 saturated carbocycles. The third kappa shape index (κ3) is 3.21. The second-order valence-electron chi connectivity index (χ2n) is 3.89. The number of nitriles is 1. The van der Waals surface area contributed by atoms with Crippen molar-refractivity contribution in [2.45, 2.75) is 6.54 Å². The van der Waals surface area contributed by atoms with Gasteiger partial charge in [-0.05, 0) is 30.3 Å². The van der Waals surface area contributed by atoms with Crippen molar-refractivity contribution in [1.29, 1.82) is 5.26 Å². The summed E-state index contributed by atoms with van der Waals surface area (Å²) >= 11 is 5.65. The van der Waals surface area contributed by atoms with Crippen LogP contribution in [0.4, 0.5) is 14.5 Å². The highest BCUT2D eigenvalue weighted by Crippen LogP contribution is 2.19. The van der Waals surface area contributed by atoms with Gasteiger partial charge in [0.05, 0.1) is 11.3 Å². The van der Waals surface area contributed by atoms with Crippen molar-refractivity contribution in [3.63, 3.8) is 0 Å². The zero-order valence-electron chi connectivity index (χ0n) is 9.75. The molecule has 0 spiro atoms. The molecule has 96 valence electrons. The summed E-state index contributed by atoms with van der Waals surface area (Å²) in [6.07, 6.45) is 0. The van der Waals surface area contributed by atoms with E-state index in [0.29, 0.717) is 16.3 Å². The van der Waals surface area contributed by atoms with Gasteiger partial charge < -0.3 is 5.32 Å². The van der Waals surface area contributed by atoms with Gasteiger partial charge in [0.15, 0.2) is 0 Å². The van der Waals surface area contributed by atoms with Crippen molar-refractivity contribution in [3.05, 3.63) is 64.2 Å². The first-order chi connectivity index (χ1) is 9.10. The number of hydrogen-bond donors (Lipinski definition) is 1. The third-order valence-corrected chi connectivity index (χ3v) is 2.82. The lowest BCUT2D eigenvalue weighted by Gasteiger charge is -2.09. The molecular formula is C14H9ClF2N2. The summed E-state index contributed by atoms with van der Waals surface area (Å²) in [5, 5.41) is 12.1. The molecule has 5 heteroatoms. The van der Waals surface area contributed by atoms with Crippen LogP contribution in [0.15, 0.2) is 36.4 Å². The van der Waals surface area contributed by atoms with E-state index in [-0.39, 0.29) is 12.1 Å². The van der Waals surface area contributed by atoms with E-state index in [9.17, 15) is 8.78 Å². The molecule has 1 N–H and O–H groups in total. The van der Waals surface area contributed by atoms with Gasteiger partial charge in [0.1, 0.15) is 17.7 Å². The Morgan fingerprint density at radius 3 is 2.63 bits per heavy atom. The first kappa shape index (κ1) is 13.3. The van der Waals surface area contributed by atoms with Gasteiger partial charge in [-0.3, -0.25) is 0 Å². The largest absolute Gasteiger partial charge is 0.380 e. The molecule has 19 heavy (non-hydrogen) atoms. The Balaban J connectivity index is 2.17. The van der Waals surface area contributed by atoms with E-state index in [0.717, 1.165) is 6.07 Å². The van der Waals surface area contributed by atoms with Gasteiger partial charge in [0.2, 0.25) is 0 Å². The summed E-state index contributed by atoms with van der Waals surface area (Å²) in [7, 11) is 0. The maximum Gasteiger partial charge on any atom is 0.129 e. The second kappa shape index (κ2) is 5.68. The zero-order chi connectivity index (χ0) is 13.8. The minimum atomic E-state index is -0.486. The number of halogens is 3. The Bertz CT molecular complexity index is 650. The van der Waals surface area contributed by atoms with Crippen molar-refractivity contribution < 1.29 is 8.78 Å². The van der Waals surface area contributed by atoms with Crippen LogP contribution in [0.25, 0.3) is 0 Å². The summed E-state index contributed by atoms with van der Waals surface area (Å²) in [4.78, 5) is 0. The molecule has 2 aromatic carbocycles. The molecule has 0 atom stereocenters. The Labute approximate surface area is 114 Å². The number of nitrogens with one attached hydrogen (secondary N) is 1. The normalized spacial score (nSPS) is 10.0. The Morgan fingerprint density at radius 1 is 1.16 bits per heavy atom. The highest BCUT2D eigenvalue weighted by atomic mass is 35.5. The molecule has 0 heterocycles. The van der Waals surface area contributed by atoms with Gasteiger partial charge in [0, 0.05) is 17.1 Å². The molecule has 0 aliphatic rings. The molecule has 0 aliphatic heterocycles. The van der Waals surface area contributed by atoms with E-state index in [1.54, 1.807) is 12.1 Å². The monoisotopic (exact) mass is 278 g/mol. The quantitative estimate of drug-likeness (QED) is 0.917. The fraction of sp³-hybridized carbons (Fsp3) is 0.0714. The van der Waals surface area contributed by atoms with E-state index in [2.05, 4.69) is 5.32 Å². The average molecular weight is 279 g/mol. The number of nitrogens with zero attached hydrogens (tertiary/aromatic N) is 1. The second-order valence-corrected chi connectivity index (χ2v) is 4.33. The SMILES string of the molecule is N#Cc1cc(F)ccc1NCc1ccc(Cl)cc1F. The minimum Gasteiger partial charge on any atom is -0.380 e. The van der Waals surface area contributed by atoms with Crippen LogP contribution in [0.1, 0.15) is 11.1 Å². The maximum absolute atomic E-state index is 13.6. The molecule has 2 aromatic rings. The molecule has 2 rings (SSSR count). The van der Waals surface area contributed by atoms with Crippen LogP contribution in [-0.4, -0.2) is 0 Å². The Hall–Kier alpha value is -2.12. The number of anilines is 1. The van der Waals surface area contributed by atoms with Crippen LogP contribution in [0, 0.1) is 23.0 Å². The summed E-state index contributed by atoms with van der Waals surface area (Å²) < 4.78 is 26.5. The van der Waals surface area contributed by atoms with Crippen molar-refractivity contribution in [2.24, 2.45) is 0 Å². The van der Waals surface area contributed by atoms with E-state index in [4.69, 9.17) is 16.9 Å². The average Bonchev–Trinajstić information content (AvgIpc) is 2.39. The number of rotatable bonds is 3. The zero-order valence-corrected chi connectivity index (χ0v) is 10.5. The topological polar surface area (TPSA) is 35.8 Å². The van der Waals surface area contributed by atoms with Crippen molar-refractivity contribution >= 4 is 17.3 Å². The Kier molecular flexibility index (Phi) is 3.98. The van der Waals surface area contributed by atoms with Gasteiger partial charge in [-0.2, -0.15) is 5.26 Å². The van der Waals surface area contributed by atoms with Gasteiger partial charge in [-0.15, -0.1) is 0 Å². The van der Waals surface area contributed by atoms with E-state index in [1.807, 2.05) is 6.07 Å². The fourth-order valence-electron chi connectivity index (χ4n) is 1.62. The van der Waals surface area contributed by atoms with Crippen molar-refractivity contribution in [1.82, 2.24) is 0 Å². The van der Waals surface area contributed by atoms with Crippen LogP contribution in [0.3, 0.4) is 0 Å². The standard InChI is InChI=1S/C14H9ClF2N2/c15-11-2-1-9(13(17)6-11)8-19-14-4-3-12(16)5-10(14)7-18/h1-6,19H,8H2. The molecule has 0 radical (unpaired) electrons. The lowest BCUT2D eigenvalue weighted by Crippen LogP contribution is -2.03. The first-order valence-corrected chi connectivity index (χ1v) is 5.85. The molecule has 0 saturated heterocycles. The Morgan fingerprint density at radius 2 is 1.95 bits per heavy atom. The molecule has 0 bridgehead atoms. The van der Waals surface area contributed by atoms with E-state index < -0.39 is 11.6 Å². The molecule has 0 aliphatic carbocycles. The maximum atomic E-state index is 13.6. The highest BCUT2D eigenvalue weighted by molar-refractivity contribution is 6.30. The van der Waals surface area contributed by atoms with Gasteiger partial charge in [-0.25, -0.2) is 8.78 Å². The summed E-state index contributed by atoms with van der Waals surface area (Å²) in [6.45, 7) is 0.184. The van der Waals surface area contributed by atoms with E-state index >= 15 is 0 Å². The lowest BCUT2D eigenvalue weighted by atomic mass is 10.1. The number of benzene rings is 2. The van der Waals surface area contributed by atoms with Gasteiger partial charge in [0.25, 0.3) is 0 Å². The van der Waals surface area contributed by atoms with Crippen molar-refractivity contribution in [2.75, 3.05) is 5.32 Å². The molecule has 0 fully saturated rings. The van der Waals surface area contributed by atoms with Crippen LogP contribution in [0.5, 0.6) is 0 Å². The third-order valence-electron chi connectivity index (χ3n) is 2.59. The number of hydrogen-bond acceptors (Lipinski definition) is 2. The smallest absolute Gasteiger partial charge is 0.129 e. The van der Waals surface area contributed by atoms with E-state index in [1.165, 1.54) is 18.2 Å². The molecule has 0 unspecified atom stereocenters. The fourth-order valence-corrected chi connectivity index (χ4v) is 1.78. The van der Waals surface area contributed by atoms with Crippen LogP contribution in [0.2, 0.25) is 5.02 Å².